The molecule has 0 spiro atoms. The Hall–Kier alpha value is -2.11. The van der Waals surface area contributed by atoms with Crippen molar-refractivity contribution in [3.8, 4) is 0 Å². The van der Waals surface area contributed by atoms with E-state index in [0.717, 1.165) is 11.6 Å². The minimum absolute atomic E-state index is 0.210. The largest absolute Gasteiger partial charge is 0.323 e. The van der Waals surface area contributed by atoms with Gasteiger partial charge in [-0.2, -0.15) is 0 Å². The molecule has 6 heteroatoms. The Morgan fingerprint density at radius 3 is 2.65 bits per heavy atom. The van der Waals surface area contributed by atoms with Gasteiger partial charge in [-0.1, -0.05) is 17.7 Å². The lowest BCUT2D eigenvalue weighted by Crippen LogP contribution is -2.17. The smallest absolute Gasteiger partial charge is 0.257 e. The first kappa shape index (κ1) is 14.3. The van der Waals surface area contributed by atoms with Crippen molar-refractivity contribution in [1.82, 2.24) is 0 Å². The summed E-state index contributed by atoms with van der Waals surface area (Å²) in [6, 6.07) is 8.98. The zero-order valence-corrected chi connectivity index (χ0v) is 11.5. The zero-order valence-electron chi connectivity index (χ0n) is 10.7. The highest BCUT2D eigenvalue weighted by atomic mass is 35.5. The van der Waals surface area contributed by atoms with Crippen LogP contribution < -0.4 is 16.6 Å². The quantitative estimate of drug-likeness (QED) is 0.601. The van der Waals surface area contributed by atoms with E-state index >= 15 is 0 Å². The van der Waals surface area contributed by atoms with Crippen LogP contribution in [0.5, 0.6) is 0 Å². The van der Waals surface area contributed by atoms with Gasteiger partial charge in [0.15, 0.2) is 0 Å². The van der Waals surface area contributed by atoms with Gasteiger partial charge in [-0.05, 0) is 42.8 Å². The SMILES string of the molecule is Cc1ccc(C(=O)Nc2cc(F)cc(Cl)c2)c(NN)c1. The van der Waals surface area contributed by atoms with Crippen LogP contribution in [0.15, 0.2) is 36.4 Å². The van der Waals surface area contributed by atoms with E-state index in [4.69, 9.17) is 17.4 Å². The number of nitrogens with two attached hydrogens (primary N) is 1. The molecule has 104 valence electrons. The van der Waals surface area contributed by atoms with Gasteiger partial charge >= 0.3 is 0 Å². The van der Waals surface area contributed by atoms with Gasteiger partial charge in [0, 0.05) is 10.7 Å². The normalized spacial score (nSPS) is 10.2. The van der Waals surface area contributed by atoms with Crippen LogP contribution in [0, 0.1) is 12.7 Å². The van der Waals surface area contributed by atoms with E-state index in [2.05, 4.69) is 10.7 Å². The molecule has 4 N–H and O–H groups in total. The standard InChI is InChI=1S/C14H13ClFN3O/c1-8-2-3-12(13(4-8)19-17)14(20)18-11-6-9(15)5-10(16)7-11/h2-7,19H,17H2,1H3,(H,18,20). The summed E-state index contributed by atoms with van der Waals surface area (Å²) in [6.07, 6.45) is 0. The third-order valence-electron chi connectivity index (χ3n) is 2.70. The van der Waals surface area contributed by atoms with Crippen LogP contribution in [0.3, 0.4) is 0 Å². The maximum atomic E-state index is 13.2. The van der Waals surface area contributed by atoms with E-state index in [1.54, 1.807) is 18.2 Å². The molecule has 4 nitrogen and oxygen atoms in total. The van der Waals surface area contributed by atoms with Gasteiger partial charge < -0.3 is 10.7 Å². The molecule has 0 atom stereocenters. The Labute approximate surface area is 120 Å². The van der Waals surface area contributed by atoms with Crippen LogP contribution in [-0.2, 0) is 0 Å². The summed E-state index contributed by atoms with van der Waals surface area (Å²) < 4.78 is 13.2. The maximum Gasteiger partial charge on any atom is 0.257 e. The number of carbonyl (C=O) groups excluding carboxylic acids is 1. The van der Waals surface area contributed by atoms with Gasteiger partial charge in [0.05, 0.1) is 11.3 Å². The van der Waals surface area contributed by atoms with E-state index in [9.17, 15) is 9.18 Å². The molecule has 2 aromatic rings. The molecule has 0 aromatic heterocycles. The summed E-state index contributed by atoms with van der Waals surface area (Å²) in [5, 5.41) is 2.78. The van der Waals surface area contributed by atoms with Crippen molar-refractivity contribution in [3.63, 3.8) is 0 Å². The van der Waals surface area contributed by atoms with Gasteiger partial charge in [0.1, 0.15) is 5.82 Å². The number of hydrazine groups is 1. The highest BCUT2D eigenvalue weighted by Gasteiger charge is 2.12. The second-order valence-electron chi connectivity index (χ2n) is 4.31. The van der Waals surface area contributed by atoms with Gasteiger partial charge in [-0.15, -0.1) is 0 Å². The van der Waals surface area contributed by atoms with Crippen LogP contribution in [0.4, 0.5) is 15.8 Å². The lowest BCUT2D eigenvalue weighted by Gasteiger charge is -2.11. The third kappa shape index (κ3) is 3.26. The summed E-state index contributed by atoms with van der Waals surface area (Å²) in [6.45, 7) is 1.88. The lowest BCUT2D eigenvalue weighted by molar-refractivity contribution is 0.102. The van der Waals surface area contributed by atoms with Crippen molar-refractivity contribution >= 4 is 28.9 Å². The van der Waals surface area contributed by atoms with Gasteiger partial charge in [-0.3, -0.25) is 10.6 Å². The molecule has 0 radical (unpaired) electrons. The molecular formula is C14H13ClFN3O. The van der Waals surface area contributed by atoms with Crippen LogP contribution >= 0.6 is 11.6 Å². The molecule has 0 bridgehead atoms. The predicted molar refractivity (Wildman–Crippen MR) is 78.4 cm³/mol. The second-order valence-corrected chi connectivity index (χ2v) is 4.74. The first-order valence-electron chi connectivity index (χ1n) is 5.84. The van der Waals surface area contributed by atoms with Gasteiger partial charge in [0.25, 0.3) is 5.91 Å². The molecule has 0 saturated carbocycles. The Morgan fingerprint density at radius 1 is 1.25 bits per heavy atom. The Kier molecular flexibility index (Phi) is 4.22. The molecule has 0 fully saturated rings. The van der Waals surface area contributed by atoms with Crippen molar-refractivity contribution in [1.29, 1.82) is 0 Å². The van der Waals surface area contributed by atoms with Crippen LogP contribution in [0.1, 0.15) is 15.9 Å². The molecular weight excluding hydrogens is 281 g/mol. The van der Waals surface area contributed by atoms with Crippen molar-refractivity contribution in [3.05, 3.63) is 58.4 Å². The number of halogens is 2. The molecule has 20 heavy (non-hydrogen) atoms. The molecule has 0 aliphatic heterocycles. The van der Waals surface area contributed by atoms with E-state index in [1.807, 2.05) is 6.92 Å². The minimum atomic E-state index is -0.520. The predicted octanol–water partition coefficient (Wildman–Crippen LogP) is 3.33. The summed E-state index contributed by atoms with van der Waals surface area (Å²) in [5.74, 6) is 4.47. The summed E-state index contributed by atoms with van der Waals surface area (Å²) in [7, 11) is 0. The zero-order chi connectivity index (χ0) is 14.7. The fourth-order valence-corrected chi connectivity index (χ4v) is 2.02. The fourth-order valence-electron chi connectivity index (χ4n) is 1.80. The first-order chi connectivity index (χ1) is 9.49. The minimum Gasteiger partial charge on any atom is -0.323 e. The van der Waals surface area contributed by atoms with Crippen LogP contribution in [0.2, 0.25) is 5.02 Å². The van der Waals surface area contributed by atoms with Gasteiger partial charge in [-0.25, -0.2) is 4.39 Å². The molecule has 1 amide bonds. The van der Waals surface area contributed by atoms with Gasteiger partial charge in [0.2, 0.25) is 0 Å². The van der Waals surface area contributed by atoms with E-state index in [0.29, 0.717) is 11.3 Å². The topological polar surface area (TPSA) is 67.2 Å². The van der Waals surface area contributed by atoms with Crippen LogP contribution in [-0.4, -0.2) is 5.91 Å². The number of anilines is 2. The maximum absolute atomic E-state index is 13.2. The van der Waals surface area contributed by atoms with Crippen LogP contribution in [0.25, 0.3) is 0 Å². The molecule has 2 rings (SSSR count). The fraction of sp³-hybridized carbons (Fsp3) is 0.0714. The Balaban J connectivity index is 2.28. The average molecular weight is 294 g/mol. The van der Waals surface area contributed by atoms with E-state index in [-0.39, 0.29) is 10.7 Å². The van der Waals surface area contributed by atoms with Crippen molar-refractivity contribution < 1.29 is 9.18 Å². The van der Waals surface area contributed by atoms with E-state index in [1.165, 1.54) is 12.1 Å². The van der Waals surface area contributed by atoms with Crippen molar-refractivity contribution in [2.24, 2.45) is 5.84 Å². The number of aryl methyl sites for hydroxylation is 1. The van der Waals surface area contributed by atoms with E-state index < -0.39 is 11.7 Å². The summed E-state index contributed by atoms with van der Waals surface area (Å²) in [4.78, 5) is 12.2. The van der Waals surface area contributed by atoms with Crippen molar-refractivity contribution in [2.75, 3.05) is 10.7 Å². The number of rotatable bonds is 3. The van der Waals surface area contributed by atoms with Crippen molar-refractivity contribution in [2.45, 2.75) is 6.92 Å². The highest BCUT2D eigenvalue weighted by Crippen LogP contribution is 2.21. The number of hydrogen-bond donors (Lipinski definition) is 3. The number of benzene rings is 2. The highest BCUT2D eigenvalue weighted by molar-refractivity contribution is 6.31. The molecule has 0 heterocycles. The lowest BCUT2D eigenvalue weighted by atomic mass is 10.1. The number of nitrogen functional groups attached to an aromatic ring is 1. The number of hydrogen-bond acceptors (Lipinski definition) is 3. The third-order valence-corrected chi connectivity index (χ3v) is 2.91. The number of nitrogens with one attached hydrogen (secondary N) is 2. The molecule has 0 aliphatic rings. The first-order valence-corrected chi connectivity index (χ1v) is 6.22. The second kappa shape index (κ2) is 5.90. The Morgan fingerprint density at radius 2 is 2.00 bits per heavy atom. The monoisotopic (exact) mass is 293 g/mol. The average Bonchev–Trinajstić information content (AvgIpc) is 2.37. The summed E-state index contributed by atoms with van der Waals surface area (Å²) >= 11 is 5.74. The summed E-state index contributed by atoms with van der Waals surface area (Å²) in [5.41, 5.74) is 4.56. The molecule has 0 aliphatic carbocycles. The Bertz CT molecular complexity index is 641. The molecule has 0 saturated heterocycles. The molecule has 0 unspecified atom stereocenters. The number of amides is 1. The number of carbonyl (C=O) groups is 1. The molecule has 2 aromatic carbocycles.